The molecule has 4 nitrogen and oxygen atoms in total. The highest BCUT2D eigenvalue weighted by molar-refractivity contribution is 6.07. The number of fused-ring (bicyclic) bond motifs is 3. The van der Waals surface area contributed by atoms with Gasteiger partial charge in [-0.2, -0.15) is 0 Å². The smallest absolute Gasteiger partial charge is 0.120 e. The third kappa shape index (κ3) is 3.11. The number of benzene rings is 3. The van der Waals surface area contributed by atoms with Crippen molar-refractivity contribution < 1.29 is 9.84 Å². The number of hydrogen-bond acceptors (Lipinski definition) is 3. The first-order chi connectivity index (χ1) is 12.8. The van der Waals surface area contributed by atoms with Crippen molar-refractivity contribution in [2.75, 3.05) is 19.0 Å². The minimum atomic E-state index is -0.514. The average Bonchev–Trinajstić information content (AvgIpc) is 3.01. The number of hydrogen-bond donors (Lipinski definition) is 2. The molecule has 0 spiro atoms. The van der Waals surface area contributed by atoms with E-state index in [0.29, 0.717) is 13.1 Å². The Labute approximate surface area is 152 Å². The third-order valence-corrected chi connectivity index (χ3v) is 4.68. The van der Waals surface area contributed by atoms with Gasteiger partial charge in [0.25, 0.3) is 0 Å². The summed E-state index contributed by atoms with van der Waals surface area (Å²) in [7, 11) is 1.65. The molecule has 132 valence electrons. The fraction of sp³-hybridized carbons (Fsp3) is 0.182. The van der Waals surface area contributed by atoms with Crippen LogP contribution >= 0.6 is 0 Å². The molecular formula is C22H22N2O2. The third-order valence-electron chi connectivity index (χ3n) is 4.68. The van der Waals surface area contributed by atoms with Crippen LogP contribution in [0.5, 0.6) is 5.75 Å². The molecule has 1 unspecified atom stereocenters. The van der Waals surface area contributed by atoms with Crippen LogP contribution in [0.25, 0.3) is 21.8 Å². The molecule has 1 atom stereocenters. The number of nitrogens with zero attached hydrogens (tertiary/aromatic N) is 1. The molecule has 4 heteroatoms. The predicted molar refractivity (Wildman–Crippen MR) is 107 cm³/mol. The largest absolute Gasteiger partial charge is 0.497 e. The number of ether oxygens (including phenoxy) is 1. The molecule has 0 radical (unpaired) electrons. The SMILES string of the molecule is COc1cccc(NCC(O)Cn2c3ccccc3c3ccccc32)c1. The van der Waals surface area contributed by atoms with Gasteiger partial charge in [0.1, 0.15) is 5.75 Å². The second-order valence-electron chi connectivity index (χ2n) is 6.41. The van der Waals surface area contributed by atoms with Gasteiger partial charge in [0.05, 0.1) is 19.8 Å². The van der Waals surface area contributed by atoms with E-state index in [1.807, 2.05) is 36.4 Å². The summed E-state index contributed by atoms with van der Waals surface area (Å²) >= 11 is 0. The van der Waals surface area contributed by atoms with E-state index in [1.165, 1.54) is 10.8 Å². The summed E-state index contributed by atoms with van der Waals surface area (Å²) in [5, 5.41) is 16.3. The summed E-state index contributed by atoms with van der Waals surface area (Å²) in [5.41, 5.74) is 3.23. The zero-order chi connectivity index (χ0) is 17.9. The standard InChI is InChI=1S/C22H22N2O2/c1-26-18-8-6-7-16(13-18)23-14-17(25)15-24-21-11-4-2-9-19(21)20-10-3-5-12-22(20)24/h2-13,17,23,25H,14-15H2,1H3. The Morgan fingerprint density at radius 2 is 1.58 bits per heavy atom. The lowest BCUT2D eigenvalue weighted by molar-refractivity contribution is 0.169. The van der Waals surface area contributed by atoms with Crippen LogP contribution in [-0.2, 0) is 6.54 Å². The summed E-state index contributed by atoms with van der Waals surface area (Å²) in [6.07, 6.45) is -0.514. The maximum atomic E-state index is 10.6. The highest BCUT2D eigenvalue weighted by Crippen LogP contribution is 2.28. The summed E-state index contributed by atoms with van der Waals surface area (Å²) in [4.78, 5) is 0. The van der Waals surface area contributed by atoms with Gasteiger partial charge >= 0.3 is 0 Å². The maximum absolute atomic E-state index is 10.6. The van der Waals surface area contributed by atoms with Crippen molar-refractivity contribution in [3.63, 3.8) is 0 Å². The van der Waals surface area contributed by atoms with Crippen LogP contribution in [0.2, 0.25) is 0 Å². The Kier molecular flexibility index (Phi) is 4.50. The van der Waals surface area contributed by atoms with Crippen molar-refractivity contribution in [2.24, 2.45) is 0 Å². The fourth-order valence-electron chi connectivity index (χ4n) is 3.44. The molecule has 0 fully saturated rings. The van der Waals surface area contributed by atoms with E-state index in [9.17, 15) is 5.11 Å². The first-order valence-electron chi connectivity index (χ1n) is 8.78. The second kappa shape index (κ2) is 7.10. The van der Waals surface area contributed by atoms with E-state index >= 15 is 0 Å². The van der Waals surface area contributed by atoms with Crippen LogP contribution in [0.4, 0.5) is 5.69 Å². The lowest BCUT2D eigenvalue weighted by Gasteiger charge is -2.16. The number of aliphatic hydroxyl groups is 1. The Hall–Kier alpha value is -2.98. The molecule has 4 aromatic rings. The highest BCUT2D eigenvalue weighted by atomic mass is 16.5. The van der Waals surface area contributed by atoms with E-state index in [1.54, 1.807) is 7.11 Å². The Morgan fingerprint density at radius 3 is 2.23 bits per heavy atom. The second-order valence-corrected chi connectivity index (χ2v) is 6.41. The Bertz CT molecular complexity index is 985. The highest BCUT2D eigenvalue weighted by Gasteiger charge is 2.13. The minimum Gasteiger partial charge on any atom is -0.497 e. The normalized spacial score (nSPS) is 12.4. The number of para-hydroxylation sites is 2. The van der Waals surface area contributed by atoms with Gasteiger partial charge in [-0.25, -0.2) is 0 Å². The number of aromatic nitrogens is 1. The van der Waals surface area contributed by atoms with Crippen molar-refractivity contribution in [2.45, 2.75) is 12.6 Å². The topological polar surface area (TPSA) is 46.4 Å². The van der Waals surface area contributed by atoms with Crippen molar-refractivity contribution >= 4 is 27.5 Å². The van der Waals surface area contributed by atoms with Gasteiger partial charge in [-0.3, -0.25) is 0 Å². The van der Waals surface area contributed by atoms with Gasteiger partial charge in [0.15, 0.2) is 0 Å². The van der Waals surface area contributed by atoms with Crippen LogP contribution in [0.1, 0.15) is 0 Å². The molecule has 0 saturated heterocycles. The molecular weight excluding hydrogens is 324 g/mol. The Morgan fingerprint density at radius 1 is 0.923 bits per heavy atom. The number of nitrogens with one attached hydrogen (secondary N) is 1. The minimum absolute atomic E-state index is 0.466. The fourth-order valence-corrected chi connectivity index (χ4v) is 3.44. The zero-order valence-corrected chi connectivity index (χ0v) is 14.7. The first-order valence-corrected chi connectivity index (χ1v) is 8.78. The molecule has 1 aromatic heterocycles. The molecule has 0 aliphatic carbocycles. The van der Waals surface area contributed by atoms with Crippen LogP contribution in [-0.4, -0.2) is 29.4 Å². The summed E-state index contributed by atoms with van der Waals surface area (Å²) in [6.45, 7) is 0.999. The number of anilines is 1. The van der Waals surface area contributed by atoms with E-state index < -0.39 is 6.10 Å². The zero-order valence-electron chi connectivity index (χ0n) is 14.7. The van der Waals surface area contributed by atoms with Gasteiger partial charge in [-0.15, -0.1) is 0 Å². The summed E-state index contributed by atoms with van der Waals surface area (Å²) in [6, 6.07) is 24.4. The number of rotatable bonds is 6. The molecule has 0 aliphatic rings. The molecule has 3 aromatic carbocycles. The predicted octanol–water partition coefficient (Wildman–Crippen LogP) is 4.28. The summed E-state index contributed by atoms with van der Waals surface area (Å²) < 4.78 is 7.43. The molecule has 2 N–H and O–H groups in total. The van der Waals surface area contributed by atoms with Gasteiger partial charge in [-0.05, 0) is 24.3 Å². The number of aliphatic hydroxyl groups excluding tert-OH is 1. The molecule has 0 amide bonds. The van der Waals surface area contributed by atoms with Gasteiger partial charge < -0.3 is 19.7 Å². The molecule has 4 rings (SSSR count). The van der Waals surface area contributed by atoms with E-state index in [0.717, 1.165) is 22.5 Å². The van der Waals surface area contributed by atoms with Crippen LogP contribution in [0, 0.1) is 0 Å². The molecule has 26 heavy (non-hydrogen) atoms. The van der Waals surface area contributed by atoms with Gasteiger partial charge in [0.2, 0.25) is 0 Å². The van der Waals surface area contributed by atoms with Crippen molar-refractivity contribution in [1.82, 2.24) is 4.57 Å². The monoisotopic (exact) mass is 346 g/mol. The molecule has 1 heterocycles. The maximum Gasteiger partial charge on any atom is 0.120 e. The Balaban J connectivity index is 1.56. The van der Waals surface area contributed by atoms with Gasteiger partial charge in [0, 0.05) is 40.1 Å². The van der Waals surface area contributed by atoms with E-state index in [4.69, 9.17) is 4.74 Å². The van der Waals surface area contributed by atoms with Crippen molar-refractivity contribution in [1.29, 1.82) is 0 Å². The first kappa shape index (κ1) is 16.5. The lowest BCUT2D eigenvalue weighted by atomic mass is 10.2. The van der Waals surface area contributed by atoms with E-state index in [2.05, 4.69) is 46.3 Å². The summed E-state index contributed by atoms with van der Waals surface area (Å²) in [5.74, 6) is 0.798. The van der Waals surface area contributed by atoms with Crippen LogP contribution < -0.4 is 10.1 Å². The van der Waals surface area contributed by atoms with E-state index in [-0.39, 0.29) is 0 Å². The quantitative estimate of drug-likeness (QED) is 0.548. The van der Waals surface area contributed by atoms with Crippen LogP contribution in [0.15, 0.2) is 72.8 Å². The molecule has 0 aliphatic heterocycles. The molecule has 0 bridgehead atoms. The number of methoxy groups -OCH3 is 1. The van der Waals surface area contributed by atoms with Crippen molar-refractivity contribution in [3.05, 3.63) is 72.8 Å². The lowest BCUT2D eigenvalue weighted by Crippen LogP contribution is -2.24. The molecule has 0 saturated carbocycles. The van der Waals surface area contributed by atoms with Crippen molar-refractivity contribution in [3.8, 4) is 5.75 Å². The van der Waals surface area contributed by atoms with Gasteiger partial charge in [-0.1, -0.05) is 42.5 Å². The van der Waals surface area contributed by atoms with Crippen LogP contribution in [0.3, 0.4) is 0 Å². The average molecular weight is 346 g/mol.